The topological polar surface area (TPSA) is 101 Å². The lowest BCUT2D eigenvalue weighted by Gasteiger charge is -2.61. The summed E-state index contributed by atoms with van der Waals surface area (Å²) in [6.07, 6.45) is 23.6. The Morgan fingerprint density at radius 2 is 1.21 bits per heavy atom. The van der Waals surface area contributed by atoms with Gasteiger partial charge in [0.15, 0.2) is 0 Å². The van der Waals surface area contributed by atoms with E-state index in [2.05, 4.69) is 48.5 Å². The van der Waals surface area contributed by atoms with Crippen LogP contribution in [0.1, 0.15) is 183 Å². The van der Waals surface area contributed by atoms with Crippen molar-refractivity contribution in [3.63, 3.8) is 0 Å². The third-order valence-electron chi connectivity index (χ3n) is 20.7. The van der Waals surface area contributed by atoms with Gasteiger partial charge in [-0.25, -0.2) is 0 Å². The number of hydrogen-bond acceptors (Lipinski definition) is 5. The first-order valence-electron chi connectivity index (χ1n) is 24.0. The zero-order chi connectivity index (χ0) is 40.4. The number of ketones is 1. The molecule has 0 amide bonds. The molecule has 0 radical (unpaired) electrons. The van der Waals surface area contributed by atoms with E-state index >= 15 is 0 Å². The molecule has 18 atom stereocenters. The number of methoxy groups -OCH3 is 1. The fourth-order valence-corrected chi connectivity index (χ4v) is 17.5. The van der Waals surface area contributed by atoms with E-state index in [-0.39, 0.29) is 17.5 Å². The van der Waals surface area contributed by atoms with Gasteiger partial charge < -0.3 is 14.9 Å². The van der Waals surface area contributed by atoms with Gasteiger partial charge in [0.05, 0.1) is 13.2 Å². The van der Waals surface area contributed by atoms with E-state index < -0.39 is 5.97 Å². The monoisotopic (exact) mass is 779 g/mol. The summed E-state index contributed by atoms with van der Waals surface area (Å²) in [6.45, 7) is 17.2. The van der Waals surface area contributed by atoms with Crippen molar-refractivity contribution in [1.82, 2.24) is 0 Å². The number of esters is 1. The van der Waals surface area contributed by atoms with Gasteiger partial charge in [-0.15, -0.1) is 0 Å². The molecule has 0 bridgehead atoms. The van der Waals surface area contributed by atoms with Crippen molar-refractivity contribution in [2.75, 3.05) is 7.11 Å². The SMILES string of the molecule is CC(CCC(=O)O)C1CCC2C3CCC4C[C@H](O)CC[C@]4(C)C3CC[C@]12C.COC(=O)CCC(C)C1CCC2C3C(=O)CC4C[C@H](C)CC[C@]4(C)C3CC[C@]12C. The first kappa shape index (κ1) is 42.7. The van der Waals surface area contributed by atoms with Gasteiger partial charge in [0, 0.05) is 25.2 Å². The van der Waals surface area contributed by atoms with Crippen LogP contribution in [-0.4, -0.2) is 41.1 Å². The molecule has 12 unspecified atom stereocenters. The number of ether oxygens (including phenoxy) is 1. The average Bonchev–Trinajstić information content (AvgIpc) is 3.71. The Balaban J connectivity index is 0.000000172. The van der Waals surface area contributed by atoms with E-state index in [0.717, 1.165) is 61.7 Å². The van der Waals surface area contributed by atoms with Crippen LogP contribution in [-0.2, 0) is 19.1 Å². The van der Waals surface area contributed by atoms with E-state index in [1.807, 2.05) is 0 Å². The van der Waals surface area contributed by atoms with Gasteiger partial charge in [0.1, 0.15) is 5.78 Å². The second-order valence-electron chi connectivity index (χ2n) is 23.0. The van der Waals surface area contributed by atoms with Gasteiger partial charge >= 0.3 is 11.9 Å². The highest BCUT2D eigenvalue weighted by molar-refractivity contribution is 5.83. The van der Waals surface area contributed by atoms with E-state index in [9.17, 15) is 19.5 Å². The maximum atomic E-state index is 13.5. The van der Waals surface area contributed by atoms with Crippen molar-refractivity contribution in [2.24, 2.45) is 98.6 Å². The smallest absolute Gasteiger partial charge is 0.305 e. The average molecular weight is 779 g/mol. The summed E-state index contributed by atoms with van der Waals surface area (Å²) in [6, 6.07) is 0. The largest absolute Gasteiger partial charge is 0.481 e. The lowest BCUT2D eigenvalue weighted by molar-refractivity contribution is -0.158. The third-order valence-corrected chi connectivity index (χ3v) is 20.7. The summed E-state index contributed by atoms with van der Waals surface area (Å²) in [7, 11) is 1.48. The van der Waals surface area contributed by atoms with E-state index in [4.69, 9.17) is 9.84 Å². The molecule has 8 saturated carbocycles. The van der Waals surface area contributed by atoms with Crippen molar-refractivity contribution in [2.45, 2.75) is 189 Å². The first-order chi connectivity index (χ1) is 26.5. The van der Waals surface area contributed by atoms with Crippen LogP contribution in [0.2, 0.25) is 0 Å². The number of carboxylic acid groups (broad SMARTS) is 1. The Morgan fingerprint density at radius 3 is 1.88 bits per heavy atom. The number of aliphatic carboxylic acids is 1. The highest BCUT2D eigenvalue weighted by Crippen LogP contribution is 2.70. The molecule has 0 saturated heterocycles. The molecule has 8 aliphatic carbocycles. The molecule has 0 aromatic rings. The summed E-state index contributed by atoms with van der Waals surface area (Å²) in [5.41, 5.74) is 1.55. The highest BCUT2D eigenvalue weighted by Gasteiger charge is 2.63. The second-order valence-corrected chi connectivity index (χ2v) is 23.0. The number of aliphatic hydroxyl groups excluding tert-OH is 1. The standard InChI is InChI=1S/C26H42O3.C24H40O3/c1-16-10-12-25(3)18(14-16)15-22(27)24-20-8-7-19(17(2)6-9-23(28)29-5)26(20,4)13-11-21(24)25;1-15(4-9-22(26)27)19-7-8-20-18-6-5-16-14-17(25)10-12-23(16,2)21(18)11-13-24(19,20)3/h16-21,24H,6-15H2,1-5H3;15-21,25H,4-14H2,1-3H3,(H,26,27)/t16-,17?,18?,19?,20?,21?,24?,25+,26-;15?,16?,17-,18?,19?,20?,21?,23+,24-/m11/s1. The summed E-state index contributed by atoms with van der Waals surface area (Å²) >= 11 is 0. The fraction of sp³-hybridized carbons (Fsp3) is 0.940. The lowest BCUT2D eigenvalue weighted by atomic mass is 9.43. The van der Waals surface area contributed by atoms with Crippen molar-refractivity contribution in [3.8, 4) is 0 Å². The zero-order valence-electron chi connectivity index (χ0n) is 37.0. The number of Topliss-reactive ketones (excluding diaryl/α,β-unsaturated/α-hetero) is 1. The van der Waals surface area contributed by atoms with Crippen molar-refractivity contribution < 1.29 is 29.3 Å². The van der Waals surface area contributed by atoms with Gasteiger partial charge in [-0.05, 0) is 202 Å². The van der Waals surface area contributed by atoms with Crippen molar-refractivity contribution in [1.29, 1.82) is 0 Å². The Kier molecular flexibility index (Phi) is 12.4. The van der Waals surface area contributed by atoms with Crippen molar-refractivity contribution in [3.05, 3.63) is 0 Å². The van der Waals surface area contributed by atoms with Crippen LogP contribution in [0.25, 0.3) is 0 Å². The molecule has 6 nitrogen and oxygen atoms in total. The molecule has 8 aliphatic rings. The summed E-state index contributed by atoms with van der Waals surface area (Å²) in [5, 5.41) is 19.3. The first-order valence-corrected chi connectivity index (χ1v) is 24.0. The van der Waals surface area contributed by atoms with Gasteiger partial charge in [0.25, 0.3) is 0 Å². The predicted octanol–water partition coefficient (Wildman–Crippen LogP) is 11.6. The lowest BCUT2D eigenvalue weighted by Crippen LogP contribution is -2.57. The summed E-state index contributed by atoms with van der Waals surface area (Å²) in [5.74, 6) is 8.49. The molecular weight excluding hydrogens is 697 g/mol. The van der Waals surface area contributed by atoms with E-state index in [0.29, 0.717) is 82.2 Å². The summed E-state index contributed by atoms with van der Waals surface area (Å²) < 4.78 is 4.87. The molecule has 0 heterocycles. The molecule has 2 N–H and O–H groups in total. The van der Waals surface area contributed by atoms with E-state index in [1.165, 1.54) is 97.0 Å². The quantitative estimate of drug-likeness (QED) is 0.238. The minimum Gasteiger partial charge on any atom is -0.481 e. The molecule has 318 valence electrons. The van der Waals surface area contributed by atoms with Crippen LogP contribution < -0.4 is 0 Å². The Hall–Kier alpha value is -1.43. The van der Waals surface area contributed by atoms with E-state index in [1.54, 1.807) is 0 Å². The van der Waals surface area contributed by atoms with Crippen LogP contribution >= 0.6 is 0 Å². The second kappa shape index (κ2) is 16.2. The van der Waals surface area contributed by atoms with Crippen molar-refractivity contribution >= 4 is 17.7 Å². The number of aliphatic hydroxyl groups is 1. The minimum atomic E-state index is -0.643. The highest BCUT2D eigenvalue weighted by atomic mass is 16.5. The molecule has 0 aromatic heterocycles. The fourth-order valence-electron chi connectivity index (χ4n) is 17.5. The normalized spacial score (nSPS) is 49.0. The number of rotatable bonds is 8. The van der Waals surface area contributed by atoms with Crippen LogP contribution in [0.15, 0.2) is 0 Å². The molecule has 6 heteroatoms. The molecule has 8 fully saturated rings. The van der Waals surface area contributed by atoms with Gasteiger partial charge in [-0.2, -0.15) is 0 Å². The summed E-state index contributed by atoms with van der Waals surface area (Å²) in [4.78, 5) is 36.2. The number of fused-ring (bicyclic) bond motifs is 10. The van der Waals surface area contributed by atoms with Gasteiger partial charge in [-0.3, -0.25) is 14.4 Å². The predicted molar refractivity (Wildman–Crippen MR) is 222 cm³/mol. The maximum Gasteiger partial charge on any atom is 0.305 e. The molecular formula is C50H82O6. The molecule has 56 heavy (non-hydrogen) atoms. The molecule has 0 spiro atoms. The van der Waals surface area contributed by atoms with Crippen LogP contribution in [0.3, 0.4) is 0 Å². The van der Waals surface area contributed by atoms with Crippen LogP contribution in [0.4, 0.5) is 0 Å². The van der Waals surface area contributed by atoms with Crippen LogP contribution in [0.5, 0.6) is 0 Å². The Labute approximate surface area is 341 Å². The Morgan fingerprint density at radius 1 is 0.679 bits per heavy atom. The molecule has 8 rings (SSSR count). The zero-order valence-corrected chi connectivity index (χ0v) is 37.0. The Bertz CT molecular complexity index is 1440. The van der Waals surface area contributed by atoms with Gasteiger partial charge in [-0.1, -0.05) is 54.9 Å². The maximum absolute atomic E-state index is 13.5. The third kappa shape index (κ3) is 7.39. The number of carbonyl (C=O) groups excluding carboxylic acids is 2. The number of hydrogen-bond donors (Lipinski definition) is 2. The minimum absolute atomic E-state index is 0.0561. The molecule has 0 aromatic carbocycles. The van der Waals surface area contributed by atoms with Crippen LogP contribution in [0, 0.1) is 98.6 Å². The van der Waals surface area contributed by atoms with Gasteiger partial charge in [0.2, 0.25) is 0 Å². The number of carboxylic acids is 1. The molecule has 0 aliphatic heterocycles. The number of carbonyl (C=O) groups is 3.